The van der Waals surface area contributed by atoms with Gasteiger partial charge in [-0.3, -0.25) is 14.5 Å². The first-order valence-corrected chi connectivity index (χ1v) is 6.58. The number of hydrogen-bond donors (Lipinski definition) is 0. The van der Waals surface area contributed by atoms with Gasteiger partial charge in [0.05, 0.1) is 7.11 Å². The highest BCUT2D eigenvalue weighted by Crippen LogP contribution is 2.18. The molecule has 1 amide bonds. The van der Waals surface area contributed by atoms with Gasteiger partial charge in [0.25, 0.3) is 0 Å². The van der Waals surface area contributed by atoms with Crippen molar-refractivity contribution in [3.63, 3.8) is 0 Å². The molecule has 0 aliphatic carbocycles. The number of ether oxygens (including phenoxy) is 1. The summed E-state index contributed by atoms with van der Waals surface area (Å²) in [7, 11) is 4.96. The van der Waals surface area contributed by atoms with Gasteiger partial charge in [0.15, 0.2) is 0 Å². The minimum atomic E-state index is -0.145. The van der Waals surface area contributed by atoms with Crippen LogP contribution in [0.4, 0.5) is 0 Å². The van der Waals surface area contributed by atoms with Gasteiger partial charge in [-0.1, -0.05) is 6.42 Å². The Labute approximate surface area is 109 Å². The van der Waals surface area contributed by atoms with Gasteiger partial charge in [-0.05, 0) is 32.4 Å². The fourth-order valence-electron chi connectivity index (χ4n) is 2.32. The summed E-state index contributed by atoms with van der Waals surface area (Å²) >= 11 is 0. The van der Waals surface area contributed by atoms with Gasteiger partial charge >= 0.3 is 5.97 Å². The first-order valence-electron chi connectivity index (χ1n) is 6.58. The molecule has 1 fully saturated rings. The van der Waals surface area contributed by atoms with E-state index in [1.54, 1.807) is 19.0 Å². The molecule has 104 valence electrons. The lowest BCUT2D eigenvalue weighted by molar-refractivity contribution is -0.148. The molecule has 1 heterocycles. The highest BCUT2D eigenvalue weighted by molar-refractivity contribution is 5.76. The minimum Gasteiger partial charge on any atom is -0.468 e. The number of methoxy groups -OCH3 is 1. The maximum absolute atomic E-state index is 11.6. The number of likely N-dealkylation sites (tertiary alicyclic amines) is 1. The van der Waals surface area contributed by atoms with Crippen LogP contribution in [0.2, 0.25) is 0 Å². The lowest BCUT2D eigenvalue weighted by atomic mass is 10.0. The number of rotatable bonds is 5. The maximum Gasteiger partial charge on any atom is 0.323 e. The van der Waals surface area contributed by atoms with Crippen molar-refractivity contribution in [2.45, 2.75) is 38.1 Å². The van der Waals surface area contributed by atoms with Crippen LogP contribution in [-0.4, -0.2) is 62.0 Å². The summed E-state index contributed by atoms with van der Waals surface area (Å²) in [6.07, 6.45) is 4.40. The average molecular weight is 256 g/mol. The lowest BCUT2D eigenvalue weighted by Crippen LogP contribution is -2.45. The van der Waals surface area contributed by atoms with E-state index >= 15 is 0 Å². The Hall–Kier alpha value is -1.10. The topological polar surface area (TPSA) is 49.9 Å². The third-order valence-corrected chi connectivity index (χ3v) is 3.42. The molecule has 5 nitrogen and oxygen atoms in total. The number of nitrogens with zero attached hydrogens (tertiary/aromatic N) is 2. The second kappa shape index (κ2) is 7.36. The van der Waals surface area contributed by atoms with Crippen molar-refractivity contribution in [3.8, 4) is 0 Å². The molecular weight excluding hydrogens is 232 g/mol. The van der Waals surface area contributed by atoms with Crippen LogP contribution in [0.1, 0.15) is 32.1 Å². The van der Waals surface area contributed by atoms with Crippen molar-refractivity contribution in [2.75, 3.05) is 34.3 Å². The molecule has 0 N–H and O–H groups in total. The van der Waals surface area contributed by atoms with Crippen LogP contribution in [0.3, 0.4) is 0 Å². The molecule has 0 radical (unpaired) electrons. The maximum atomic E-state index is 11.6. The zero-order valence-electron chi connectivity index (χ0n) is 11.6. The van der Waals surface area contributed by atoms with Gasteiger partial charge in [-0.25, -0.2) is 0 Å². The van der Waals surface area contributed by atoms with E-state index in [0.717, 1.165) is 38.8 Å². The van der Waals surface area contributed by atoms with Crippen molar-refractivity contribution in [1.82, 2.24) is 9.80 Å². The summed E-state index contributed by atoms with van der Waals surface area (Å²) in [5.41, 5.74) is 0. The lowest BCUT2D eigenvalue weighted by Gasteiger charge is -2.33. The highest BCUT2D eigenvalue weighted by Gasteiger charge is 2.28. The molecule has 0 spiro atoms. The number of piperidine rings is 1. The van der Waals surface area contributed by atoms with E-state index < -0.39 is 0 Å². The Kier molecular flexibility index (Phi) is 6.12. The van der Waals surface area contributed by atoms with Crippen molar-refractivity contribution in [1.29, 1.82) is 0 Å². The first kappa shape index (κ1) is 15.0. The van der Waals surface area contributed by atoms with Crippen LogP contribution in [-0.2, 0) is 14.3 Å². The van der Waals surface area contributed by atoms with E-state index in [9.17, 15) is 9.59 Å². The number of carbonyl (C=O) groups is 2. The van der Waals surface area contributed by atoms with E-state index in [0.29, 0.717) is 6.42 Å². The monoisotopic (exact) mass is 256 g/mol. The molecule has 0 aromatic heterocycles. The quantitative estimate of drug-likeness (QED) is 0.685. The van der Waals surface area contributed by atoms with Crippen LogP contribution < -0.4 is 0 Å². The molecule has 1 aliphatic heterocycles. The fraction of sp³-hybridized carbons (Fsp3) is 0.846. The van der Waals surface area contributed by atoms with Crippen molar-refractivity contribution in [2.24, 2.45) is 0 Å². The normalized spacial score (nSPS) is 20.5. The van der Waals surface area contributed by atoms with Crippen LogP contribution in [0.25, 0.3) is 0 Å². The largest absolute Gasteiger partial charge is 0.468 e. The molecule has 1 atom stereocenters. The van der Waals surface area contributed by atoms with E-state index in [4.69, 9.17) is 4.74 Å². The Balaban J connectivity index is 2.38. The van der Waals surface area contributed by atoms with Crippen molar-refractivity contribution < 1.29 is 14.3 Å². The van der Waals surface area contributed by atoms with Crippen molar-refractivity contribution in [3.05, 3.63) is 0 Å². The summed E-state index contributed by atoms with van der Waals surface area (Å²) in [5, 5.41) is 0. The van der Waals surface area contributed by atoms with Gasteiger partial charge in [0, 0.05) is 20.5 Å². The average Bonchev–Trinajstić information content (AvgIpc) is 2.38. The number of carbonyl (C=O) groups excluding carboxylic acids is 2. The van der Waals surface area contributed by atoms with Gasteiger partial charge in [-0.15, -0.1) is 0 Å². The second-order valence-electron chi connectivity index (χ2n) is 4.96. The van der Waals surface area contributed by atoms with Gasteiger partial charge in [0.2, 0.25) is 5.91 Å². The smallest absolute Gasteiger partial charge is 0.323 e. The fourth-order valence-corrected chi connectivity index (χ4v) is 2.32. The summed E-state index contributed by atoms with van der Waals surface area (Å²) in [6, 6.07) is -0.113. The van der Waals surface area contributed by atoms with E-state index in [2.05, 4.69) is 4.90 Å². The zero-order valence-corrected chi connectivity index (χ0v) is 11.6. The van der Waals surface area contributed by atoms with E-state index in [1.165, 1.54) is 7.11 Å². The van der Waals surface area contributed by atoms with Crippen LogP contribution in [0.5, 0.6) is 0 Å². The van der Waals surface area contributed by atoms with Gasteiger partial charge in [-0.2, -0.15) is 0 Å². The standard InChI is InChI=1S/C13H24N2O3/c1-14(2)12(16)8-6-10-15-9-5-4-7-11(15)13(17)18-3/h11H,4-10H2,1-3H3. The zero-order chi connectivity index (χ0) is 13.5. The Morgan fingerprint density at radius 2 is 2.06 bits per heavy atom. The molecule has 0 aromatic carbocycles. The predicted molar refractivity (Wildman–Crippen MR) is 69.2 cm³/mol. The summed E-state index contributed by atoms with van der Waals surface area (Å²) in [5.74, 6) is -0.00439. The minimum absolute atomic E-state index is 0.113. The SMILES string of the molecule is COC(=O)C1CCCCN1CCCC(=O)N(C)C. The van der Waals surface area contributed by atoms with Crippen LogP contribution >= 0.6 is 0 Å². The molecule has 1 aliphatic rings. The molecular formula is C13H24N2O3. The van der Waals surface area contributed by atoms with E-state index in [1.807, 2.05) is 0 Å². The number of amides is 1. The Morgan fingerprint density at radius 1 is 1.33 bits per heavy atom. The molecule has 1 rings (SSSR count). The molecule has 0 bridgehead atoms. The molecule has 5 heteroatoms. The molecule has 1 unspecified atom stereocenters. The first-order chi connectivity index (χ1) is 8.56. The molecule has 0 saturated carbocycles. The Morgan fingerprint density at radius 3 is 2.67 bits per heavy atom. The van der Waals surface area contributed by atoms with Crippen LogP contribution in [0, 0.1) is 0 Å². The van der Waals surface area contributed by atoms with Gasteiger partial charge in [0.1, 0.15) is 6.04 Å². The summed E-state index contributed by atoms with van der Waals surface area (Å²) in [4.78, 5) is 26.9. The van der Waals surface area contributed by atoms with E-state index in [-0.39, 0.29) is 17.9 Å². The molecule has 18 heavy (non-hydrogen) atoms. The second-order valence-corrected chi connectivity index (χ2v) is 4.96. The molecule has 1 saturated heterocycles. The highest BCUT2D eigenvalue weighted by atomic mass is 16.5. The number of hydrogen-bond acceptors (Lipinski definition) is 4. The van der Waals surface area contributed by atoms with Crippen LogP contribution in [0.15, 0.2) is 0 Å². The summed E-state index contributed by atoms with van der Waals surface area (Å²) < 4.78 is 4.83. The Bertz CT molecular complexity index is 292. The third kappa shape index (κ3) is 4.29. The van der Waals surface area contributed by atoms with Gasteiger partial charge < -0.3 is 9.64 Å². The predicted octanol–water partition coefficient (Wildman–Crippen LogP) is 0.882. The number of esters is 1. The van der Waals surface area contributed by atoms with Crippen molar-refractivity contribution >= 4 is 11.9 Å². The summed E-state index contributed by atoms with van der Waals surface area (Å²) in [6.45, 7) is 1.72. The molecule has 0 aromatic rings. The third-order valence-electron chi connectivity index (χ3n) is 3.42.